The van der Waals surface area contributed by atoms with E-state index in [0.29, 0.717) is 30.9 Å². The summed E-state index contributed by atoms with van der Waals surface area (Å²) in [4.78, 5) is 27.1. The number of ether oxygens (including phenoxy) is 1. The molecule has 2 aromatic rings. The molecule has 9 heteroatoms. The van der Waals surface area contributed by atoms with E-state index in [0.717, 1.165) is 11.8 Å². The number of nitrogens with one attached hydrogen (secondary N) is 1. The van der Waals surface area contributed by atoms with Gasteiger partial charge in [0.15, 0.2) is 0 Å². The number of amides is 2. The minimum absolute atomic E-state index is 0.104. The number of benzene rings is 2. The Bertz CT molecular complexity index is 1030. The second-order valence-corrected chi connectivity index (χ2v) is 9.62. The summed E-state index contributed by atoms with van der Waals surface area (Å²) in [7, 11) is -2.04. The van der Waals surface area contributed by atoms with Crippen molar-refractivity contribution in [3.8, 4) is 5.75 Å². The van der Waals surface area contributed by atoms with Crippen LogP contribution >= 0.6 is 0 Å². The summed E-state index contributed by atoms with van der Waals surface area (Å²) >= 11 is 0. The second kappa shape index (κ2) is 12.2. The molecule has 2 aromatic carbocycles. The van der Waals surface area contributed by atoms with Crippen LogP contribution in [-0.4, -0.2) is 57.6 Å². The third-order valence-electron chi connectivity index (χ3n) is 5.21. The highest BCUT2D eigenvalue weighted by atomic mass is 32.2. The molecular formula is C24H33N3O5S. The van der Waals surface area contributed by atoms with Crippen LogP contribution in [0.2, 0.25) is 0 Å². The molecule has 180 valence electrons. The molecule has 8 nitrogen and oxygen atoms in total. The van der Waals surface area contributed by atoms with E-state index in [1.165, 1.54) is 16.3 Å². The van der Waals surface area contributed by atoms with Crippen LogP contribution in [0.3, 0.4) is 0 Å². The smallest absolute Gasteiger partial charge is 0.242 e. The summed E-state index contributed by atoms with van der Waals surface area (Å²) in [5.41, 5.74) is 1.39. The number of sulfonamides is 1. The highest BCUT2D eigenvalue weighted by Crippen LogP contribution is 2.23. The Hall–Kier alpha value is -3.07. The minimum Gasteiger partial charge on any atom is -0.497 e. The monoisotopic (exact) mass is 475 g/mol. The fourth-order valence-electron chi connectivity index (χ4n) is 3.45. The average Bonchev–Trinajstić information content (AvgIpc) is 2.79. The van der Waals surface area contributed by atoms with Gasteiger partial charge < -0.3 is 15.0 Å². The van der Waals surface area contributed by atoms with Gasteiger partial charge in [-0.2, -0.15) is 0 Å². The number of anilines is 1. The highest BCUT2D eigenvalue weighted by molar-refractivity contribution is 7.92. The van der Waals surface area contributed by atoms with Gasteiger partial charge in [0, 0.05) is 32.1 Å². The van der Waals surface area contributed by atoms with Crippen molar-refractivity contribution in [2.24, 2.45) is 0 Å². The molecule has 0 aromatic heterocycles. The summed E-state index contributed by atoms with van der Waals surface area (Å²) in [5.74, 6) is 0.106. The Morgan fingerprint density at radius 1 is 1.09 bits per heavy atom. The first kappa shape index (κ1) is 26.2. The first-order valence-corrected chi connectivity index (χ1v) is 12.7. The quantitative estimate of drug-likeness (QED) is 0.509. The largest absolute Gasteiger partial charge is 0.497 e. The van der Waals surface area contributed by atoms with Crippen molar-refractivity contribution in [1.82, 2.24) is 10.2 Å². The van der Waals surface area contributed by atoms with Crippen molar-refractivity contribution in [3.05, 3.63) is 60.2 Å². The Balaban J connectivity index is 2.14. The minimum atomic E-state index is -3.56. The van der Waals surface area contributed by atoms with Crippen LogP contribution < -0.4 is 14.4 Å². The number of carbonyl (C=O) groups is 2. The average molecular weight is 476 g/mol. The van der Waals surface area contributed by atoms with Crippen LogP contribution in [0.25, 0.3) is 0 Å². The van der Waals surface area contributed by atoms with Crippen LogP contribution in [0.15, 0.2) is 54.6 Å². The molecular weight excluding hydrogens is 442 g/mol. The van der Waals surface area contributed by atoms with Gasteiger partial charge in [0.2, 0.25) is 21.8 Å². The fraction of sp³-hybridized carbons (Fsp3) is 0.417. The Morgan fingerprint density at radius 3 is 2.39 bits per heavy atom. The van der Waals surface area contributed by atoms with Crippen molar-refractivity contribution in [2.45, 2.75) is 39.3 Å². The molecule has 0 fully saturated rings. The van der Waals surface area contributed by atoms with Crippen molar-refractivity contribution >= 4 is 27.5 Å². The van der Waals surface area contributed by atoms with E-state index in [1.807, 2.05) is 37.3 Å². The zero-order valence-electron chi connectivity index (χ0n) is 19.7. The molecule has 0 saturated heterocycles. The maximum atomic E-state index is 13.1. The standard InChI is InChI=1S/C24H33N3O5S/c1-5-25-24(29)19(2)26(18-20-11-7-6-8-12-20)23(28)15-10-16-27(33(4,30)31)21-13-9-14-22(17-21)32-3/h6-9,11-14,17,19H,5,10,15-16,18H2,1-4H3,(H,25,29)/t19-/m1/s1. The van der Waals surface area contributed by atoms with Gasteiger partial charge >= 0.3 is 0 Å². The maximum absolute atomic E-state index is 13.1. The van der Waals surface area contributed by atoms with Crippen LogP contribution in [0.4, 0.5) is 5.69 Å². The number of hydrogen-bond acceptors (Lipinski definition) is 5. The van der Waals surface area contributed by atoms with E-state index in [1.54, 1.807) is 31.2 Å². The number of methoxy groups -OCH3 is 1. The molecule has 1 atom stereocenters. The van der Waals surface area contributed by atoms with Crippen molar-refractivity contribution < 1.29 is 22.7 Å². The molecule has 33 heavy (non-hydrogen) atoms. The lowest BCUT2D eigenvalue weighted by molar-refractivity contribution is -0.140. The molecule has 0 saturated carbocycles. The zero-order valence-corrected chi connectivity index (χ0v) is 20.5. The topological polar surface area (TPSA) is 96.0 Å². The first-order chi connectivity index (χ1) is 15.7. The molecule has 0 bridgehead atoms. The Morgan fingerprint density at radius 2 is 1.79 bits per heavy atom. The molecule has 0 radical (unpaired) electrons. The van der Waals surface area contributed by atoms with Gasteiger partial charge in [-0.1, -0.05) is 36.4 Å². The molecule has 0 aliphatic rings. The number of carbonyl (C=O) groups excluding carboxylic acids is 2. The van der Waals surface area contributed by atoms with E-state index in [2.05, 4.69) is 5.32 Å². The van der Waals surface area contributed by atoms with E-state index in [9.17, 15) is 18.0 Å². The third-order valence-corrected chi connectivity index (χ3v) is 6.40. The molecule has 0 unspecified atom stereocenters. The van der Waals surface area contributed by atoms with Gasteiger partial charge in [0.05, 0.1) is 19.1 Å². The van der Waals surface area contributed by atoms with Crippen molar-refractivity contribution in [2.75, 3.05) is 30.8 Å². The van der Waals surface area contributed by atoms with Gasteiger partial charge in [0.25, 0.3) is 0 Å². The highest BCUT2D eigenvalue weighted by Gasteiger charge is 2.26. The van der Waals surface area contributed by atoms with Crippen molar-refractivity contribution in [1.29, 1.82) is 0 Å². The number of rotatable bonds is 12. The fourth-order valence-corrected chi connectivity index (χ4v) is 4.41. The first-order valence-electron chi connectivity index (χ1n) is 10.9. The summed E-state index contributed by atoms with van der Waals surface area (Å²) in [5, 5.41) is 2.76. The van der Waals surface area contributed by atoms with E-state index in [-0.39, 0.29) is 24.8 Å². The summed E-state index contributed by atoms with van der Waals surface area (Å²) in [6.45, 7) is 4.42. The van der Waals surface area contributed by atoms with Crippen LogP contribution in [0, 0.1) is 0 Å². The van der Waals surface area contributed by atoms with Gasteiger partial charge in [-0.15, -0.1) is 0 Å². The molecule has 0 heterocycles. The molecule has 0 aliphatic carbocycles. The van der Waals surface area contributed by atoms with E-state index < -0.39 is 16.1 Å². The van der Waals surface area contributed by atoms with E-state index in [4.69, 9.17) is 4.74 Å². The lowest BCUT2D eigenvalue weighted by Crippen LogP contribution is -2.47. The Kier molecular flexibility index (Phi) is 9.72. The van der Waals surface area contributed by atoms with Gasteiger partial charge in [-0.25, -0.2) is 8.42 Å². The van der Waals surface area contributed by atoms with Crippen LogP contribution in [-0.2, 0) is 26.2 Å². The predicted molar refractivity (Wildman–Crippen MR) is 130 cm³/mol. The lowest BCUT2D eigenvalue weighted by atomic mass is 10.1. The molecule has 2 rings (SSSR count). The van der Waals surface area contributed by atoms with Gasteiger partial charge in [0.1, 0.15) is 11.8 Å². The second-order valence-electron chi connectivity index (χ2n) is 7.72. The Labute approximate surface area is 196 Å². The summed E-state index contributed by atoms with van der Waals surface area (Å²) in [6.07, 6.45) is 1.54. The maximum Gasteiger partial charge on any atom is 0.242 e. The lowest BCUT2D eigenvalue weighted by Gasteiger charge is -2.29. The van der Waals surface area contributed by atoms with E-state index >= 15 is 0 Å². The third kappa shape index (κ3) is 7.78. The van der Waals surface area contributed by atoms with Crippen LogP contribution in [0.5, 0.6) is 5.75 Å². The SMILES string of the molecule is CCNC(=O)[C@@H](C)N(Cc1ccccc1)C(=O)CCCN(c1cccc(OC)c1)S(C)(=O)=O. The number of hydrogen-bond donors (Lipinski definition) is 1. The molecule has 0 aliphatic heterocycles. The molecule has 1 N–H and O–H groups in total. The number of likely N-dealkylation sites (N-methyl/N-ethyl adjacent to an activating group) is 1. The molecule has 0 spiro atoms. The normalized spacial score (nSPS) is 12.0. The van der Waals surface area contributed by atoms with Gasteiger partial charge in [-0.3, -0.25) is 13.9 Å². The molecule has 2 amide bonds. The number of nitrogens with zero attached hydrogens (tertiary/aromatic N) is 2. The summed E-state index contributed by atoms with van der Waals surface area (Å²) in [6, 6.07) is 15.6. The van der Waals surface area contributed by atoms with Crippen LogP contribution in [0.1, 0.15) is 32.3 Å². The van der Waals surface area contributed by atoms with Crippen molar-refractivity contribution in [3.63, 3.8) is 0 Å². The van der Waals surface area contributed by atoms with Gasteiger partial charge in [-0.05, 0) is 38.0 Å². The summed E-state index contributed by atoms with van der Waals surface area (Å²) < 4.78 is 31.2. The zero-order chi connectivity index (χ0) is 24.4. The predicted octanol–water partition coefficient (Wildman–Crippen LogP) is 2.79.